The van der Waals surface area contributed by atoms with E-state index >= 15 is 0 Å². The summed E-state index contributed by atoms with van der Waals surface area (Å²) in [6.07, 6.45) is -1.27. The predicted molar refractivity (Wildman–Crippen MR) is 103 cm³/mol. The molecular weight excluding hydrogens is 342 g/mol. The van der Waals surface area contributed by atoms with Crippen molar-refractivity contribution in [3.63, 3.8) is 0 Å². The van der Waals surface area contributed by atoms with E-state index in [0.717, 1.165) is 11.1 Å². The lowest BCUT2D eigenvalue weighted by Crippen LogP contribution is -2.61. The molecule has 0 bridgehead atoms. The van der Waals surface area contributed by atoms with E-state index in [-0.39, 0.29) is 11.8 Å². The molecule has 2 aromatic rings. The summed E-state index contributed by atoms with van der Waals surface area (Å²) < 4.78 is 12.2. The number of benzene rings is 2. The summed E-state index contributed by atoms with van der Waals surface area (Å²) in [6.45, 7) is 2.74. The van der Waals surface area contributed by atoms with Crippen LogP contribution < -0.4 is 5.32 Å². The maximum Gasteiger partial charge on any atom is 0.131 e. The Hall–Kier alpha value is -2.05. The molecule has 27 heavy (non-hydrogen) atoms. The molecule has 0 saturated carbocycles. The fourth-order valence-electron chi connectivity index (χ4n) is 3.40. The van der Waals surface area contributed by atoms with Crippen LogP contribution in [0.2, 0.25) is 0 Å². The highest BCUT2D eigenvalue weighted by atomic mass is 16.5. The average Bonchev–Trinajstić information content (AvgIpc) is 2.68. The van der Waals surface area contributed by atoms with E-state index in [2.05, 4.69) is 5.32 Å². The van der Waals surface area contributed by atoms with E-state index in [1.807, 2.05) is 60.7 Å². The van der Waals surface area contributed by atoms with Gasteiger partial charge in [-0.15, -0.1) is 0 Å². The van der Waals surface area contributed by atoms with E-state index in [9.17, 15) is 9.90 Å². The molecule has 0 aliphatic carbocycles. The van der Waals surface area contributed by atoms with Crippen LogP contribution in [0.3, 0.4) is 0 Å². The second-order valence-corrected chi connectivity index (χ2v) is 7.01. The molecule has 2 aromatic carbocycles. The molecular formula is C22H27NO4. The van der Waals surface area contributed by atoms with Gasteiger partial charge in [-0.2, -0.15) is 0 Å². The Bertz CT molecular complexity index is 707. The Morgan fingerprint density at radius 2 is 1.48 bits per heavy atom. The predicted octanol–water partition coefficient (Wildman–Crippen LogP) is 2.47. The zero-order valence-electron chi connectivity index (χ0n) is 15.6. The van der Waals surface area contributed by atoms with Gasteiger partial charge >= 0.3 is 0 Å². The molecule has 144 valence electrons. The molecule has 0 unspecified atom stereocenters. The van der Waals surface area contributed by atoms with Gasteiger partial charge in [-0.3, -0.25) is 4.79 Å². The maximum absolute atomic E-state index is 11.7. The summed E-state index contributed by atoms with van der Waals surface area (Å²) in [5.41, 5.74) is 2.08. The number of aliphatic hydroxyl groups excluding tert-OH is 1. The number of aliphatic hydroxyl groups is 1. The average molecular weight is 369 g/mol. The number of rotatable bonds is 8. The van der Waals surface area contributed by atoms with Crippen LogP contribution in [0, 0.1) is 0 Å². The minimum absolute atomic E-state index is 0.0824. The van der Waals surface area contributed by atoms with Gasteiger partial charge in [-0.05, 0) is 18.1 Å². The van der Waals surface area contributed by atoms with Gasteiger partial charge in [0.15, 0.2) is 0 Å². The Labute approximate surface area is 160 Å². The summed E-state index contributed by atoms with van der Waals surface area (Å²) in [6, 6.07) is 19.5. The third-order valence-electron chi connectivity index (χ3n) is 4.77. The second kappa shape index (κ2) is 9.76. The lowest BCUT2D eigenvalue weighted by Gasteiger charge is -2.41. The Morgan fingerprint density at radius 3 is 2.00 bits per heavy atom. The van der Waals surface area contributed by atoms with Gasteiger partial charge in [0.05, 0.1) is 19.3 Å². The molecule has 4 atom stereocenters. The van der Waals surface area contributed by atoms with Gasteiger partial charge in [0.25, 0.3) is 0 Å². The van der Waals surface area contributed by atoms with E-state index in [1.165, 1.54) is 0 Å². The first-order valence-electron chi connectivity index (χ1n) is 9.35. The molecule has 1 heterocycles. The van der Waals surface area contributed by atoms with Crippen molar-refractivity contribution in [2.75, 3.05) is 6.54 Å². The summed E-state index contributed by atoms with van der Waals surface area (Å²) in [5.74, 6) is 0.0824. The number of hydrogen-bond donors (Lipinski definition) is 2. The first kappa shape index (κ1) is 19.7. The van der Waals surface area contributed by atoms with Crippen molar-refractivity contribution in [2.45, 2.75) is 50.9 Å². The Morgan fingerprint density at radius 1 is 0.963 bits per heavy atom. The number of carbonyl (C=O) groups excluding carboxylic acids is 1. The van der Waals surface area contributed by atoms with Gasteiger partial charge in [-0.25, -0.2) is 0 Å². The largest absolute Gasteiger partial charge is 0.389 e. The van der Waals surface area contributed by atoms with Crippen LogP contribution in [0.4, 0.5) is 0 Å². The first-order valence-corrected chi connectivity index (χ1v) is 9.35. The fraction of sp³-hybridized carbons (Fsp3) is 0.409. The third-order valence-corrected chi connectivity index (χ3v) is 4.77. The number of carbonyl (C=O) groups is 1. The molecule has 5 nitrogen and oxygen atoms in total. The zero-order chi connectivity index (χ0) is 19.1. The second-order valence-electron chi connectivity index (χ2n) is 7.01. The van der Waals surface area contributed by atoms with Crippen molar-refractivity contribution in [1.82, 2.24) is 5.32 Å². The number of Topliss-reactive ketones (excluding diaryl/α,β-unsaturated/α-hetero) is 1. The van der Waals surface area contributed by atoms with Gasteiger partial charge < -0.3 is 19.9 Å². The summed E-state index contributed by atoms with van der Waals surface area (Å²) >= 11 is 0. The highest BCUT2D eigenvalue weighted by Crippen LogP contribution is 2.23. The molecule has 1 aliphatic rings. The molecule has 3 rings (SSSR count). The topological polar surface area (TPSA) is 67.8 Å². The summed E-state index contributed by atoms with van der Waals surface area (Å²) in [4.78, 5) is 11.7. The van der Waals surface area contributed by atoms with E-state index in [0.29, 0.717) is 26.2 Å². The molecule has 5 heteroatoms. The monoisotopic (exact) mass is 369 g/mol. The van der Waals surface area contributed by atoms with Crippen LogP contribution in [-0.2, 0) is 27.5 Å². The molecule has 0 aromatic heterocycles. The highest BCUT2D eigenvalue weighted by Gasteiger charge is 2.40. The molecule has 0 radical (unpaired) electrons. The molecule has 1 aliphatic heterocycles. The van der Waals surface area contributed by atoms with E-state index < -0.39 is 18.3 Å². The van der Waals surface area contributed by atoms with Crippen molar-refractivity contribution >= 4 is 5.78 Å². The fourth-order valence-corrected chi connectivity index (χ4v) is 3.40. The zero-order valence-corrected chi connectivity index (χ0v) is 15.6. The van der Waals surface area contributed by atoms with Crippen molar-refractivity contribution < 1.29 is 19.4 Å². The van der Waals surface area contributed by atoms with Crippen molar-refractivity contribution in [3.8, 4) is 0 Å². The standard InChI is InChI=1S/C22H27NO4/c1-16(24)12-19-21(26-14-17-8-4-2-5-9-17)22(20(25)13-23-19)27-15-18-10-6-3-7-11-18/h2-11,19-23,25H,12-15H2,1H3/t19-,20+,21-,22+/m0/s1. The number of hydrogen-bond acceptors (Lipinski definition) is 5. The normalized spacial score (nSPS) is 25.3. The van der Waals surface area contributed by atoms with Crippen LogP contribution >= 0.6 is 0 Å². The number of ketones is 1. The molecule has 0 amide bonds. The molecule has 1 saturated heterocycles. The quantitative estimate of drug-likeness (QED) is 0.748. The van der Waals surface area contributed by atoms with E-state index in [1.54, 1.807) is 6.92 Å². The number of nitrogens with one attached hydrogen (secondary N) is 1. The lowest BCUT2D eigenvalue weighted by molar-refractivity contribution is -0.160. The van der Waals surface area contributed by atoms with Crippen LogP contribution in [0.1, 0.15) is 24.5 Å². The van der Waals surface area contributed by atoms with Gasteiger partial charge in [0, 0.05) is 19.0 Å². The van der Waals surface area contributed by atoms with Crippen LogP contribution in [0.5, 0.6) is 0 Å². The van der Waals surface area contributed by atoms with Gasteiger partial charge in [-0.1, -0.05) is 60.7 Å². The minimum Gasteiger partial charge on any atom is -0.389 e. The summed E-state index contributed by atoms with van der Waals surface area (Å²) in [7, 11) is 0. The highest BCUT2D eigenvalue weighted by molar-refractivity contribution is 5.76. The molecule has 2 N–H and O–H groups in total. The van der Waals surface area contributed by atoms with E-state index in [4.69, 9.17) is 9.47 Å². The Kier molecular flexibility index (Phi) is 7.12. The van der Waals surface area contributed by atoms with Crippen molar-refractivity contribution in [2.24, 2.45) is 0 Å². The summed E-state index contributed by atoms with van der Waals surface area (Å²) in [5, 5.41) is 13.8. The SMILES string of the molecule is CC(=O)C[C@@H]1NC[C@@H](O)[C@@H](OCc2ccccc2)[C@H]1OCc1ccccc1. The van der Waals surface area contributed by atoms with Crippen LogP contribution in [-0.4, -0.2) is 41.8 Å². The number of piperidine rings is 1. The third kappa shape index (κ3) is 5.71. The minimum atomic E-state index is -0.697. The van der Waals surface area contributed by atoms with Crippen molar-refractivity contribution in [1.29, 1.82) is 0 Å². The maximum atomic E-state index is 11.7. The van der Waals surface area contributed by atoms with Crippen molar-refractivity contribution in [3.05, 3.63) is 71.8 Å². The smallest absolute Gasteiger partial charge is 0.131 e. The molecule has 1 fully saturated rings. The Balaban J connectivity index is 1.71. The number of β-amino-alcohol motifs (C(OH)–C–C–N with tert-alkyl or cyclic N) is 1. The number of ether oxygens (including phenoxy) is 2. The van der Waals surface area contributed by atoms with Gasteiger partial charge in [0.1, 0.15) is 18.0 Å². The van der Waals surface area contributed by atoms with Crippen LogP contribution in [0.25, 0.3) is 0 Å². The van der Waals surface area contributed by atoms with Crippen LogP contribution in [0.15, 0.2) is 60.7 Å². The lowest BCUT2D eigenvalue weighted by atomic mass is 9.92. The van der Waals surface area contributed by atoms with Gasteiger partial charge in [0.2, 0.25) is 0 Å². The molecule has 0 spiro atoms. The first-order chi connectivity index (χ1) is 13.1.